The van der Waals surface area contributed by atoms with Crippen LogP contribution < -0.4 is 16.0 Å². The zero-order valence-electron chi connectivity index (χ0n) is 14.0. The van der Waals surface area contributed by atoms with E-state index in [1.54, 1.807) is 0 Å². The maximum Gasteiger partial charge on any atom is 0.243 e. The molecule has 5 heteroatoms. The third-order valence-electron chi connectivity index (χ3n) is 2.93. The fourth-order valence-corrected chi connectivity index (χ4v) is 1.96. The number of carbonyl (C=O) groups excluding carboxylic acids is 2. The van der Waals surface area contributed by atoms with Crippen LogP contribution in [0.25, 0.3) is 0 Å². The minimum absolute atomic E-state index is 0.00759. The van der Waals surface area contributed by atoms with Crippen molar-refractivity contribution >= 4 is 17.5 Å². The number of nitrogens with one attached hydrogen (secondary N) is 3. The van der Waals surface area contributed by atoms with E-state index >= 15 is 0 Å². The molecule has 1 aromatic carbocycles. The molecule has 0 bridgehead atoms. The summed E-state index contributed by atoms with van der Waals surface area (Å²) in [6.07, 6.45) is 0.401. The van der Waals surface area contributed by atoms with E-state index in [1.165, 1.54) is 0 Å². The first-order chi connectivity index (χ1) is 10.3. The Morgan fingerprint density at radius 2 is 1.86 bits per heavy atom. The van der Waals surface area contributed by atoms with E-state index in [1.807, 2.05) is 52.0 Å². The second-order valence-corrected chi connectivity index (χ2v) is 6.54. The smallest absolute Gasteiger partial charge is 0.243 e. The van der Waals surface area contributed by atoms with Gasteiger partial charge in [-0.25, -0.2) is 0 Å². The largest absolute Gasteiger partial charge is 0.347 e. The van der Waals surface area contributed by atoms with E-state index in [0.29, 0.717) is 6.42 Å². The van der Waals surface area contributed by atoms with Gasteiger partial charge in [-0.05, 0) is 29.7 Å². The quantitative estimate of drug-likeness (QED) is 0.724. The van der Waals surface area contributed by atoms with Crippen LogP contribution in [-0.2, 0) is 16.1 Å². The summed E-state index contributed by atoms with van der Waals surface area (Å²) in [5.41, 5.74) is 1.77. The Bertz CT molecular complexity index is 507. The molecule has 0 aliphatic heterocycles. The van der Waals surface area contributed by atoms with Gasteiger partial charge in [0.05, 0.1) is 6.54 Å². The van der Waals surface area contributed by atoms with Crippen molar-refractivity contribution in [1.82, 2.24) is 10.6 Å². The molecule has 0 spiro atoms. The van der Waals surface area contributed by atoms with E-state index in [9.17, 15) is 9.59 Å². The summed E-state index contributed by atoms with van der Waals surface area (Å²) >= 11 is 0. The van der Waals surface area contributed by atoms with Crippen LogP contribution in [0, 0.1) is 5.41 Å². The molecule has 0 fully saturated rings. The Hall–Kier alpha value is -1.88. The summed E-state index contributed by atoms with van der Waals surface area (Å²) in [5.74, 6) is -0.327. The average molecular weight is 305 g/mol. The van der Waals surface area contributed by atoms with E-state index < -0.39 is 0 Å². The van der Waals surface area contributed by atoms with Crippen molar-refractivity contribution in [2.45, 2.75) is 40.7 Å². The normalized spacial score (nSPS) is 11.1. The number of anilines is 1. The lowest BCUT2D eigenvalue weighted by Gasteiger charge is -2.17. The SMILES string of the molecule is CCNCc1cccc(NC(=O)CNC(=O)CC(C)(C)C)c1. The van der Waals surface area contributed by atoms with E-state index in [0.717, 1.165) is 24.3 Å². The number of hydrogen-bond donors (Lipinski definition) is 3. The van der Waals surface area contributed by atoms with Gasteiger partial charge < -0.3 is 16.0 Å². The van der Waals surface area contributed by atoms with Crippen molar-refractivity contribution in [2.24, 2.45) is 5.41 Å². The van der Waals surface area contributed by atoms with Crippen molar-refractivity contribution in [3.8, 4) is 0 Å². The van der Waals surface area contributed by atoms with Crippen LogP contribution in [-0.4, -0.2) is 24.9 Å². The van der Waals surface area contributed by atoms with Gasteiger partial charge in [-0.1, -0.05) is 39.8 Å². The number of benzene rings is 1. The topological polar surface area (TPSA) is 70.2 Å². The predicted molar refractivity (Wildman–Crippen MR) is 89.5 cm³/mol. The molecule has 2 amide bonds. The molecule has 0 heterocycles. The first-order valence-corrected chi connectivity index (χ1v) is 7.66. The van der Waals surface area contributed by atoms with Crippen LogP contribution in [0.4, 0.5) is 5.69 Å². The van der Waals surface area contributed by atoms with Crippen molar-refractivity contribution in [3.63, 3.8) is 0 Å². The second kappa shape index (κ2) is 8.54. The highest BCUT2D eigenvalue weighted by molar-refractivity contribution is 5.94. The van der Waals surface area contributed by atoms with Gasteiger partial charge in [0.2, 0.25) is 11.8 Å². The molecule has 5 nitrogen and oxygen atoms in total. The van der Waals surface area contributed by atoms with Crippen LogP contribution in [0.15, 0.2) is 24.3 Å². The monoisotopic (exact) mass is 305 g/mol. The lowest BCUT2D eigenvalue weighted by atomic mass is 9.92. The Labute approximate surface area is 132 Å². The summed E-state index contributed by atoms with van der Waals surface area (Å²) in [6, 6.07) is 7.67. The zero-order chi connectivity index (χ0) is 16.6. The number of amides is 2. The van der Waals surface area contributed by atoms with Crippen LogP contribution in [0.2, 0.25) is 0 Å². The minimum atomic E-state index is -0.220. The van der Waals surface area contributed by atoms with E-state index in [4.69, 9.17) is 0 Å². The molecule has 0 radical (unpaired) electrons. The summed E-state index contributed by atoms with van der Waals surface area (Å²) in [4.78, 5) is 23.6. The van der Waals surface area contributed by atoms with Crippen molar-refractivity contribution < 1.29 is 9.59 Å². The maximum atomic E-state index is 11.9. The van der Waals surface area contributed by atoms with Crippen molar-refractivity contribution in [2.75, 3.05) is 18.4 Å². The molecule has 1 aromatic rings. The number of hydrogen-bond acceptors (Lipinski definition) is 3. The molecule has 22 heavy (non-hydrogen) atoms. The zero-order valence-corrected chi connectivity index (χ0v) is 14.0. The summed E-state index contributed by atoms with van der Waals surface area (Å²) in [5, 5.41) is 8.68. The van der Waals surface area contributed by atoms with Crippen LogP contribution in [0.5, 0.6) is 0 Å². The minimum Gasteiger partial charge on any atom is -0.347 e. The van der Waals surface area contributed by atoms with Crippen LogP contribution >= 0.6 is 0 Å². The van der Waals surface area contributed by atoms with Crippen LogP contribution in [0.1, 0.15) is 39.7 Å². The van der Waals surface area contributed by atoms with Crippen molar-refractivity contribution in [3.05, 3.63) is 29.8 Å². The van der Waals surface area contributed by atoms with Gasteiger partial charge in [0.1, 0.15) is 0 Å². The van der Waals surface area contributed by atoms with Gasteiger partial charge in [-0.15, -0.1) is 0 Å². The molecule has 0 atom stereocenters. The Morgan fingerprint density at radius 3 is 2.50 bits per heavy atom. The van der Waals surface area contributed by atoms with Gasteiger partial charge in [0, 0.05) is 18.7 Å². The van der Waals surface area contributed by atoms with Crippen molar-refractivity contribution in [1.29, 1.82) is 0 Å². The summed E-state index contributed by atoms with van der Waals surface area (Å²) in [7, 11) is 0. The van der Waals surface area contributed by atoms with Gasteiger partial charge in [0.15, 0.2) is 0 Å². The standard InChI is InChI=1S/C17H27N3O2/c1-5-18-11-13-7-6-8-14(9-13)20-16(22)12-19-15(21)10-17(2,3)4/h6-9,18H,5,10-12H2,1-4H3,(H,19,21)(H,20,22). The average Bonchev–Trinajstić information content (AvgIpc) is 2.41. The molecule has 0 aromatic heterocycles. The molecular formula is C17H27N3O2. The fraction of sp³-hybridized carbons (Fsp3) is 0.529. The molecular weight excluding hydrogens is 278 g/mol. The summed E-state index contributed by atoms with van der Waals surface area (Å²) < 4.78 is 0. The number of rotatable bonds is 7. The molecule has 0 aliphatic carbocycles. The molecule has 3 N–H and O–H groups in total. The summed E-state index contributed by atoms with van der Waals surface area (Å²) in [6.45, 7) is 9.67. The number of carbonyl (C=O) groups is 2. The molecule has 0 saturated heterocycles. The first-order valence-electron chi connectivity index (χ1n) is 7.66. The Balaban J connectivity index is 2.43. The molecule has 0 aliphatic rings. The van der Waals surface area contributed by atoms with E-state index in [-0.39, 0.29) is 23.8 Å². The fourth-order valence-electron chi connectivity index (χ4n) is 1.96. The van der Waals surface area contributed by atoms with Crippen LogP contribution in [0.3, 0.4) is 0 Å². The molecule has 122 valence electrons. The third-order valence-corrected chi connectivity index (χ3v) is 2.93. The highest BCUT2D eigenvalue weighted by Gasteiger charge is 2.16. The highest BCUT2D eigenvalue weighted by atomic mass is 16.2. The first kappa shape index (κ1) is 18.2. The predicted octanol–water partition coefficient (Wildman–Crippen LogP) is 2.29. The van der Waals surface area contributed by atoms with Gasteiger partial charge in [-0.3, -0.25) is 9.59 Å². The highest BCUT2D eigenvalue weighted by Crippen LogP contribution is 2.17. The third kappa shape index (κ3) is 7.78. The van der Waals surface area contributed by atoms with Gasteiger partial charge in [0.25, 0.3) is 0 Å². The Kier molecular flexibility index (Phi) is 7.05. The van der Waals surface area contributed by atoms with Gasteiger partial charge in [-0.2, -0.15) is 0 Å². The second-order valence-electron chi connectivity index (χ2n) is 6.54. The van der Waals surface area contributed by atoms with E-state index in [2.05, 4.69) is 16.0 Å². The molecule has 0 unspecified atom stereocenters. The molecule has 1 rings (SSSR count). The Morgan fingerprint density at radius 1 is 1.14 bits per heavy atom. The maximum absolute atomic E-state index is 11.9. The lowest BCUT2D eigenvalue weighted by molar-refractivity contribution is -0.125. The van der Waals surface area contributed by atoms with Gasteiger partial charge >= 0.3 is 0 Å². The molecule has 0 saturated carbocycles. The lowest BCUT2D eigenvalue weighted by Crippen LogP contribution is -2.34.